The Hall–Kier alpha value is -1.72. The number of ether oxygens (including phenoxy) is 2. The van der Waals surface area contributed by atoms with E-state index in [0.29, 0.717) is 11.8 Å². The summed E-state index contributed by atoms with van der Waals surface area (Å²) < 4.78 is 13.7. The fourth-order valence-corrected chi connectivity index (χ4v) is 2.66. The molecule has 22 heavy (non-hydrogen) atoms. The minimum Gasteiger partial charge on any atom is -0.486 e. The molecular formula is C16H20ClN3O2. The highest BCUT2D eigenvalue weighted by Gasteiger charge is 2.23. The smallest absolute Gasteiger partial charge is 0.161 e. The van der Waals surface area contributed by atoms with Gasteiger partial charge in [-0.25, -0.2) is 4.98 Å². The molecule has 0 saturated carbocycles. The van der Waals surface area contributed by atoms with E-state index in [1.165, 1.54) is 0 Å². The molecule has 6 heteroatoms. The Morgan fingerprint density at radius 3 is 2.82 bits per heavy atom. The van der Waals surface area contributed by atoms with Crippen molar-refractivity contribution in [2.75, 3.05) is 19.7 Å². The topological polar surface area (TPSA) is 39.5 Å². The molecule has 1 atom stereocenters. The van der Waals surface area contributed by atoms with Gasteiger partial charge in [-0.2, -0.15) is 0 Å². The lowest BCUT2D eigenvalue weighted by Crippen LogP contribution is -2.41. The molecule has 0 bridgehead atoms. The van der Waals surface area contributed by atoms with Crippen LogP contribution in [0, 0.1) is 0 Å². The maximum absolute atomic E-state index is 6.04. The van der Waals surface area contributed by atoms with Gasteiger partial charge in [0.2, 0.25) is 0 Å². The van der Waals surface area contributed by atoms with Crippen molar-refractivity contribution >= 4 is 11.6 Å². The SMILES string of the molecule is CCN(Cc1ncc(Cl)n1C)CC1COc2ccccc2O1. The van der Waals surface area contributed by atoms with Crippen LogP contribution in [0.5, 0.6) is 11.5 Å². The van der Waals surface area contributed by atoms with Crippen LogP contribution >= 0.6 is 11.6 Å². The number of likely N-dealkylation sites (N-methyl/N-ethyl adjacent to an activating group) is 1. The Labute approximate surface area is 135 Å². The molecule has 118 valence electrons. The van der Waals surface area contributed by atoms with E-state index in [0.717, 1.165) is 37.0 Å². The summed E-state index contributed by atoms with van der Waals surface area (Å²) in [5.41, 5.74) is 0. The second-order valence-electron chi connectivity index (χ2n) is 5.38. The number of hydrogen-bond acceptors (Lipinski definition) is 4. The highest BCUT2D eigenvalue weighted by atomic mass is 35.5. The van der Waals surface area contributed by atoms with Gasteiger partial charge in [0.25, 0.3) is 0 Å². The van der Waals surface area contributed by atoms with E-state index < -0.39 is 0 Å². The van der Waals surface area contributed by atoms with Crippen molar-refractivity contribution in [2.45, 2.75) is 19.6 Å². The van der Waals surface area contributed by atoms with Gasteiger partial charge in [-0.15, -0.1) is 0 Å². The Kier molecular flexibility index (Phi) is 4.55. The molecular weight excluding hydrogens is 302 g/mol. The van der Waals surface area contributed by atoms with Crippen LogP contribution in [0.2, 0.25) is 5.15 Å². The van der Waals surface area contributed by atoms with Gasteiger partial charge in [-0.3, -0.25) is 4.90 Å². The number of benzene rings is 1. The van der Waals surface area contributed by atoms with Gasteiger partial charge >= 0.3 is 0 Å². The van der Waals surface area contributed by atoms with E-state index >= 15 is 0 Å². The van der Waals surface area contributed by atoms with Gasteiger partial charge in [-0.05, 0) is 18.7 Å². The lowest BCUT2D eigenvalue weighted by molar-refractivity contribution is 0.0571. The summed E-state index contributed by atoms with van der Waals surface area (Å²) in [5.74, 6) is 2.58. The molecule has 1 aromatic heterocycles. The first-order valence-corrected chi connectivity index (χ1v) is 7.82. The molecule has 1 aliphatic heterocycles. The third-order valence-corrected chi connectivity index (χ3v) is 4.22. The summed E-state index contributed by atoms with van der Waals surface area (Å²) in [5, 5.41) is 0.650. The second-order valence-corrected chi connectivity index (χ2v) is 5.77. The number of halogens is 1. The van der Waals surface area contributed by atoms with E-state index in [1.807, 2.05) is 35.9 Å². The first-order chi connectivity index (χ1) is 10.7. The predicted octanol–water partition coefficient (Wildman–Crippen LogP) is 2.74. The first-order valence-electron chi connectivity index (χ1n) is 7.44. The third kappa shape index (κ3) is 3.20. The summed E-state index contributed by atoms with van der Waals surface area (Å²) in [4.78, 5) is 6.63. The standard InChI is InChI=1S/C16H20ClN3O2/c1-3-20(10-16-18-8-15(17)19(16)2)9-12-11-21-13-6-4-5-7-14(13)22-12/h4-8,12H,3,9-11H2,1-2H3. The van der Waals surface area contributed by atoms with Gasteiger partial charge in [0.05, 0.1) is 12.7 Å². The van der Waals surface area contributed by atoms with Gasteiger partial charge in [0.1, 0.15) is 23.7 Å². The Bertz CT molecular complexity index is 644. The number of para-hydroxylation sites is 2. The van der Waals surface area contributed by atoms with Crippen molar-refractivity contribution in [3.63, 3.8) is 0 Å². The maximum Gasteiger partial charge on any atom is 0.161 e. The second kappa shape index (κ2) is 6.58. The molecule has 0 radical (unpaired) electrons. The average molecular weight is 322 g/mol. The van der Waals surface area contributed by atoms with Gasteiger partial charge in [-0.1, -0.05) is 30.7 Å². The Morgan fingerprint density at radius 2 is 2.14 bits per heavy atom. The van der Waals surface area contributed by atoms with E-state index in [1.54, 1.807) is 6.20 Å². The highest BCUT2D eigenvalue weighted by molar-refractivity contribution is 6.29. The number of imidazole rings is 1. The number of rotatable bonds is 5. The Morgan fingerprint density at radius 1 is 1.36 bits per heavy atom. The first kappa shape index (κ1) is 15.2. The zero-order chi connectivity index (χ0) is 15.5. The molecule has 1 aliphatic rings. The molecule has 0 N–H and O–H groups in total. The number of nitrogens with zero attached hydrogens (tertiary/aromatic N) is 3. The molecule has 0 aliphatic carbocycles. The minimum atomic E-state index is 0.0191. The molecule has 0 fully saturated rings. The molecule has 2 heterocycles. The van der Waals surface area contributed by atoms with Crippen LogP contribution in [0.4, 0.5) is 0 Å². The number of fused-ring (bicyclic) bond motifs is 1. The minimum absolute atomic E-state index is 0.0191. The average Bonchev–Trinajstić information content (AvgIpc) is 2.86. The summed E-state index contributed by atoms with van der Waals surface area (Å²) >= 11 is 6.04. The largest absolute Gasteiger partial charge is 0.486 e. The molecule has 5 nitrogen and oxygen atoms in total. The van der Waals surface area contributed by atoms with Crippen molar-refractivity contribution in [3.05, 3.63) is 41.4 Å². The van der Waals surface area contributed by atoms with Crippen molar-refractivity contribution in [2.24, 2.45) is 7.05 Å². The third-order valence-electron chi connectivity index (χ3n) is 3.87. The number of hydrogen-bond donors (Lipinski definition) is 0. The van der Waals surface area contributed by atoms with Crippen LogP contribution in [0.1, 0.15) is 12.7 Å². The monoisotopic (exact) mass is 321 g/mol. The summed E-state index contributed by atoms with van der Waals surface area (Å²) in [6.07, 6.45) is 1.70. The lowest BCUT2D eigenvalue weighted by atomic mass is 10.2. The maximum atomic E-state index is 6.04. The quantitative estimate of drug-likeness (QED) is 0.849. The molecule has 3 rings (SSSR count). The van der Waals surface area contributed by atoms with Crippen LogP contribution in [0.3, 0.4) is 0 Å². The zero-order valence-corrected chi connectivity index (χ0v) is 13.6. The molecule has 0 amide bonds. The summed E-state index contributed by atoms with van der Waals surface area (Å²) in [7, 11) is 1.93. The molecule has 1 aromatic carbocycles. The Balaban J connectivity index is 1.63. The van der Waals surface area contributed by atoms with Crippen molar-refractivity contribution < 1.29 is 9.47 Å². The molecule has 2 aromatic rings. The van der Waals surface area contributed by atoms with Crippen LogP contribution < -0.4 is 9.47 Å². The van der Waals surface area contributed by atoms with Crippen LogP contribution in [-0.4, -0.2) is 40.3 Å². The fraction of sp³-hybridized carbons (Fsp3) is 0.438. The summed E-state index contributed by atoms with van der Waals surface area (Å²) in [6, 6.07) is 7.78. The van der Waals surface area contributed by atoms with Gasteiger partial charge in [0.15, 0.2) is 11.5 Å². The highest BCUT2D eigenvalue weighted by Crippen LogP contribution is 2.31. The van der Waals surface area contributed by atoms with Crippen LogP contribution in [0.15, 0.2) is 30.5 Å². The zero-order valence-electron chi connectivity index (χ0n) is 12.8. The van der Waals surface area contributed by atoms with Crippen LogP contribution in [0.25, 0.3) is 0 Å². The van der Waals surface area contributed by atoms with Crippen molar-refractivity contribution in [1.29, 1.82) is 0 Å². The van der Waals surface area contributed by atoms with Crippen LogP contribution in [-0.2, 0) is 13.6 Å². The van der Waals surface area contributed by atoms with E-state index in [9.17, 15) is 0 Å². The normalized spacial score (nSPS) is 17.0. The molecule has 0 spiro atoms. The van der Waals surface area contributed by atoms with E-state index in [4.69, 9.17) is 21.1 Å². The number of aromatic nitrogens is 2. The molecule has 1 unspecified atom stereocenters. The van der Waals surface area contributed by atoms with Gasteiger partial charge < -0.3 is 14.0 Å². The van der Waals surface area contributed by atoms with Crippen molar-refractivity contribution in [3.8, 4) is 11.5 Å². The lowest BCUT2D eigenvalue weighted by Gasteiger charge is -2.30. The van der Waals surface area contributed by atoms with E-state index in [2.05, 4.69) is 16.8 Å². The van der Waals surface area contributed by atoms with Gasteiger partial charge in [0, 0.05) is 13.6 Å². The summed E-state index contributed by atoms with van der Waals surface area (Å²) in [6.45, 7) is 5.12. The predicted molar refractivity (Wildman–Crippen MR) is 85.5 cm³/mol. The van der Waals surface area contributed by atoms with E-state index in [-0.39, 0.29) is 6.10 Å². The fourth-order valence-electron chi connectivity index (χ4n) is 2.52. The van der Waals surface area contributed by atoms with Crippen molar-refractivity contribution in [1.82, 2.24) is 14.5 Å². The molecule has 0 saturated heterocycles.